The smallest absolute Gasteiger partial charge is 0.255 e. The van der Waals surface area contributed by atoms with Crippen LogP contribution in [0.3, 0.4) is 0 Å². The first-order valence-corrected chi connectivity index (χ1v) is 11.0. The van der Waals surface area contributed by atoms with Crippen LogP contribution in [0.2, 0.25) is 0 Å². The number of carbonyl (C=O) groups excluding carboxylic acids is 1. The van der Waals surface area contributed by atoms with E-state index in [1.54, 1.807) is 23.1 Å². The molecule has 0 aliphatic rings. The summed E-state index contributed by atoms with van der Waals surface area (Å²) in [5.74, 6) is 0.316. The van der Waals surface area contributed by atoms with Gasteiger partial charge in [0.2, 0.25) is 0 Å². The number of ether oxygens (including phenoxy) is 1. The van der Waals surface area contributed by atoms with Gasteiger partial charge in [0.05, 0.1) is 23.0 Å². The van der Waals surface area contributed by atoms with Crippen molar-refractivity contribution >= 4 is 11.6 Å². The number of fused-ring (bicyclic) bond motifs is 1. The molecule has 0 aliphatic heterocycles. The average molecular weight is 453 g/mol. The van der Waals surface area contributed by atoms with Crippen LogP contribution in [0, 0.1) is 6.92 Å². The molecule has 3 heterocycles. The van der Waals surface area contributed by atoms with Gasteiger partial charge in [0, 0.05) is 12.4 Å². The summed E-state index contributed by atoms with van der Waals surface area (Å²) in [5, 5.41) is 7.19. The molecule has 3 aromatic heterocycles. The van der Waals surface area contributed by atoms with Gasteiger partial charge in [-0.1, -0.05) is 30.3 Å². The molecule has 0 spiro atoms. The molecule has 1 amide bonds. The number of pyridine rings is 1. The molecule has 0 bridgehead atoms. The summed E-state index contributed by atoms with van der Waals surface area (Å²) in [5.41, 5.74) is 5.16. The fourth-order valence-corrected chi connectivity index (χ4v) is 3.82. The van der Waals surface area contributed by atoms with E-state index in [9.17, 15) is 4.79 Å². The van der Waals surface area contributed by atoms with Gasteiger partial charge in [0.25, 0.3) is 5.91 Å². The number of hydrogen-bond donors (Lipinski definition) is 1. The maximum atomic E-state index is 13.1. The van der Waals surface area contributed by atoms with Gasteiger partial charge in [-0.05, 0) is 55.3 Å². The van der Waals surface area contributed by atoms with Gasteiger partial charge < -0.3 is 14.5 Å². The Balaban J connectivity index is 1.27. The molecule has 0 fully saturated rings. The van der Waals surface area contributed by atoms with Crippen LogP contribution in [0.25, 0.3) is 11.3 Å². The normalized spacial score (nSPS) is 11.9. The second-order valence-corrected chi connectivity index (χ2v) is 8.07. The predicted molar refractivity (Wildman–Crippen MR) is 128 cm³/mol. The highest BCUT2D eigenvalue weighted by molar-refractivity contribution is 5.97. The summed E-state index contributed by atoms with van der Waals surface area (Å²) in [6.45, 7) is 4.24. The molecule has 1 N–H and O–H groups in total. The number of aromatic nitrogens is 5. The first-order chi connectivity index (χ1) is 16.6. The Morgan fingerprint density at radius 3 is 2.68 bits per heavy atom. The standard InChI is InChI=1S/C26H24N6O2/c1-18-6-5-13-31-14-21(30-25(18)31)15-34-24-8-4-3-7-23(24)26(33)29-19(2)20-9-11-22(12-10-20)32-17-27-16-28-32/h3-14,16-17,19H,15H2,1-2H3,(H,29,33). The third-order valence-electron chi connectivity index (χ3n) is 5.66. The van der Waals surface area contributed by atoms with E-state index in [2.05, 4.69) is 20.4 Å². The van der Waals surface area contributed by atoms with Crippen molar-refractivity contribution in [2.75, 3.05) is 0 Å². The van der Waals surface area contributed by atoms with Crippen LogP contribution >= 0.6 is 0 Å². The Morgan fingerprint density at radius 2 is 1.91 bits per heavy atom. The number of para-hydroxylation sites is 1. The molecule has 5 rings (SSSR count). The molecule has 0 saturated carbocycles. The molecule has 2 aromatic carbocycles. The van der Waals surface area contributed by atoms with Crippen LogP contribution in [-0.4, -0.2) is 30.1 Å². The number of carbonyl (C=O) groups is 1. The van der Waals surface area contributed by atoms with Crippen LogP contribution in [0.1, 0.15) is 40.1 Å². The fourth-order valence-electron chi connectivity index (χ4n) is 3.82. The minimum atomic E-state index is -0.200. The number of hydrogen-bond acceptors (Lipinski definition) is 5. The lowest BCUT2D eigenvalue weighted by molar-refractivity contribution is 0.0935. The molecular formula is C26H24N6O2. The van der Waals surface area contributed by atoms with Crippen molar-refractivity contribution in [2.45, 2.75) is 26.5 Å². The second-order valence-electron chi connectivity index (χ2n) is 8.07. The number of nitrogens with zero attached hydrogens (tertiary/aromatic N) is 5. The second kappa shape index (κ2) is 9.19. The molecule has 0 radical (unpaired) electrons. The van der Waals surface area contributed by atoms with Gasteiger partial charge in [-0.15, -0.1) is 0 Å². The molecule has 1 unspecified atom stereocenters. The lowest BCUT2D eigenvalue weighted by atomic mass is 10.1. The topological polar surface area (TPSA) is 86.3 Å². The van der Waals surface area contributed by atoms with Crippen molar-refractivity contribution in [3.05, 3.63) is 108 Å². The maximum Gasteiger partial charge on any atom is 0.255 e. The number of nitrogens with one attached hydrogen (secondary N) is 1. The Morgan fingerprint density at radius 1 is 1.09 bits per heavy atom. The third kappa shape index (κ3) is 4.38. The SMILES string of the molecule is Cc1cccn2cc(COc3ccccc3C(=O)NC(C)c3ccc(-n4cncn4)cc3)nc12. The summed E-state index contributed by atoms with van der Waals surface area (Å²) in [6.07, 6.45) is 7.03. The number of aryl methyl sites for hydroxylation is 1. The van der Waals surface area contributed by atoms with E-state index in [0.29, 0.717) is 11.3 Å². The Hall–Kier alpha value is -4.46. The summed E-state index contributed by atoms with van der Waals surface area (Å²) < 4.78 is 9.67. The van der Waals surface area contributed by atoms with Crippen LogP contribution in [0.4, 0.5) is 0 Å². The van der Waals surface area contributed by atoms with Gasteiger partial charge in [0.1, 0.15) is 30.7 Å². The lowest BCUT2D eigenvalue weighted by Gasteiger charge is -2.16. The lowest BCUT2D eigenvalue weighted by Crippen LogP contribution is -2.27. The zero-order valence-electron chi connectivity index (χ0n) is 18.9. The molecule has 0 aliphatic carbocycles. The minimum absolute atomic E-state index is 0.188. The van der Waals surface area contributed by atoms with Crippen LogP contribution < -0.4 is 10.1 Å². The zero-order chi connectivity index (χ0) is 23.5. The molecular weight excluding hydrogens is 428 g/mol. The minimum Gasteiger partial charge on any atom is -0.486 e. The molecule has 0 saturated heterocycles. The van der Waals surface area contributed by atoms with Crippen LogP contribution in [-0.2, 0) is 6.61 Å². The quantitative estimate of drug-likeness (QED) is 0.398. The molecule has 8 nitrogen and oxygen atoms in total. The van der Waals surface area contributed by atoms with Gasteiger partial charge in [-0.2, -0.15) is 5.10 Å². The highest BCUT2D eigenvalue weighted by Gasteiger charge is 2.16. The molecule has 8 heteroatoms. The highest BCUT2D eigenvalue weighted by atomic mass is 16.5. The van der Waals surface area contributed by atoms with E-state index in [4.69, 9.17) is 4.74 Å². The number of rotatable bonds is 7. The largest absolute Gasteiger partial charge is 0.486 e. The number of amides is 1. The highest BCUT2D eigenvalue weighted by Crippen LogP contribution is 2.22. The molecule has 170 valence electrons. The third-order valence-corrected chi connectivity index (χ3v) is 5.66. The Labute approximate surface area is 196 Å². The first kappa shape index (κ1) is 21.4. The van der Waals surface area contributed by atoms with Crippen LogP contribution in [0.5, 0.6) is 5.75 Å². The summed E-state index contributed by atoms with van der Waals surface area (Å²) in [6, 6.07) is 18.9. The first-order valence-electron chi connectivity index (χ1n) is 11.0. The Bertz CT molecular complexity index is 1420. The molecule has 5 aromatic rings. The number of imidazole rings is 1. The summed E-state index contributed by atoms with van der Waals surface area (Å²) in [4.78, 5) is 21.7. The molecule has 1 atom stereocenters. The van der Waals surface area contributed by atoms with Crippen molar-refractivity contribution < 1.29 is 9.53 Å². The van der Waals surface area contributed by atoms with Crippen LogP contribution in [0.15, 0.2) is 85.7 Å². The summed E-state index contributed by atoms with van der Waals surface area (Å²) >= 11 is 0. The fraction of sp³-hybridized carbons (Fsp3) is 0.154. The van der Waals surface area contributed by atoms with E-state index in [1.165, 1.54) is 6.33 Å². The monoisotopic (exact) mass is 452 g/mol. The predicted octanol–water partition coefficient (Wildman–Crippen LogP) is 4.29. The number of benzene rings is 2. The van der Waals surface area contributed by atoms with Crippen molar-refractivity contribution in [3.63, 3.8) is 0 Å². The zero-order valence-corrected chi connectivity index (χ0v) is 18.9. The summed E-state index contributed by atoms with van der Waals surface area (Å²) in [7, 11) is 0. The van der Waals surface area contributed by atoms with Gasteiger partial charge >= 0.3 is 0 Å². The Kier molecular flexibility index (Phi) is 5.78. The van der Waals surface area contributed by atoms with Gasteiger partial charge in [-0.25, -0.2) is 14.6 Å². The van der Waals surface area contributed by atoms with Gasteiger partial charge in [-0.3, -0.25) is 4.79 Å². The van der Waals surface area contributed by atoms with Crippen molar-refractivity contribution in [1.29, 1.82) is 0 Å². The van der Waals surface area contributed by atoms with E-state index in [0.717, 1.165) is 28.2 Å². The van der Waals surface area contributed by atoms with E-state index < -0.39 is 0 Å². The van der Waals surface area contributed by atoms with Gasteiger partial charge in [0.15, 0.2) is 0 Å². The van der Waals surface area contributed by atoms with E-state index in [1.807, 2.05) is 79.2 Å². The van der Waals surface area contributed by atoms with E-state index in [-0.39, 0.29) is 18.6 Å². The van der Waals surface area contributed by atoms with Crippen molar-refractivity contribution in [2.24, 2.45) is 0 Å². The maximum absolute atomic E-state index is 13.1. The molecule has 34 heavy (non-hydrogen) atoms. The van der Waals surface area contributed by atoms with Crippen molar-refractivity contribution in [3.8, 4) is 11.4 Å². The average Bonchev–Trinajstić information content (AvgIpc) is 3.54. The van der Waals surface area contributed by atoms with Crippen molar-refractivity contribution in [1.82, 2.24) is 29.5 Å². The van der Waals surface area contributed by atoms with E-state index >= 15 is 0 Å².